The van der Waals surface area contributed by atoms with Crippen molar-refractivity contribution in [1.29, 1.82) is 0 Å². The standard InChI is InChI=1S/C11H16O2S/c1-12-8-3-9-13-10-4-6-11(14-2)7-5-10/h4-7H,3,8-9H2,1-2H3. The maximum absolute atomic E-state index is 5.52. The van der Waals surface area contributed by atoms with Gasteiger partial charge in [0.25, 0.3) is 0 Å². The van der Waals surface area contributed by atoms with Gasteiger partial charge in [0.05, 0.1) is 6.61 Å². The molecule has 1 aromatic rings. The zero-order valence-corrected chi connectivity index (χ0v) is 9.47. The number of methoxy groups -OCH3 is 1. The Bertz CT molecular complexity index is 246. The summed E-state index contributed by atoms with van der Waals surface area (Å²) in [6, 6.07) is 8.13. The third kappa shape index (κ3) is 4.03. The highest BCUT2D eigenvalue weighted by Gasteiger charge is 1.94. The van der Waals surface area contributed by atoms with E-state index in [9.17, 15) is 0 Å². The molecule has 0 saturated carbocycles. The van der Waals surface area contributed by atoms with E-state index in [4.69, 9.17) is 9.47 Å². The van der Waals surface area contributed by atoms with Crippen LogP contribution in [0.5, 0.6) is 5.75 Å². The molecule has 0 aromatic heterocycles. The summed E-state index contributed by atoms with van der Waals surface area (Å²) in [6.45, 7) is 1.47. The number of thioether (sulfide) groups is 1. The van der Waals surface area contributed by atoms with Crippen molar-refractivity contribution in [2.24, 2.45) is 0 Å². The molecule has 0 aliphatic carbocycles. The first kappa shape index (κ1) is 11.4. The first-order valence-electron chi connectivity index (χ1n) is 4.62. The fourth-order valence-corrected chi connectivity index (χ4v) is 1.47. The molecule has 0 N–H and O–H groups in total. The van der Waals surface area contributed by atoms with Crippen LogP contribution in [0.1, 0.15) is 6.42 Å². The first-order chi connectivity index (χ1) is 6.86. The predicted octanol–water partition coefficient (Wildman–Crippen LogP) is 2.82. The highest BCUT2D eigenvalue weighted by Crippen LogP contribution is 2.18. The Labute approximate surface area is 89.6 Å². The molecular formula is C11H16O2S. The quantitative estimate of drug-likeness (QED) is 0.533. The zero-order valence-electron chi connectivity index (χ0n) is 8.66. The molecule has 0 heterocycles. The largest absolute Gasteiger partial charge is 0.494 e. The van der Waals surface area contributed by atoms with Crippen molar-refractivity contribution < 1.29 is 9.47 Å². The molecule has 0 aliphatic heterocycles. The van der Waals surface area contributed by atoms with Crippen LogP contribution < -0.4 is 4.74 Å². The van der Waals surface area contributed by atoms with Crippen LogP contribution in [0, 0.1) is 0 Å². The predicted molar refractivity (Wildman–Crippen MR) is 60.2 cm³/mol. The lowest BCUT2D eigenvalue weighted by molar-refractivity contribution is 0.172. The molecule has 0 saturated heterocycles. The minimum atomic E-state index is 0.715. The second-order valence-electron chi connectivity index (χ2n) is 2.87. The Kier molecular flexibility index (Phi) is 5.49. The Hall–Kier alpha value is -0.670. The zero-order chi connectivity index (χ0) is 10.2. The van der Waals surface area contributed by atoms with Gasteiger partial charge in [-0.1, -0.05) is 0 Å². The van der Waals surface area contributed by atoms with Crippen molar-refractivity contribution in [3.8, 4) is 5.75 Å². The molecule has 0 atom stereocenters. The molecule has 1 rings (SSSR count). The van der Waals surface area contributed by atoms with Crippen molar-refractivity contribution in [2.75, 3.05) is 26.6 Å². The van der Waals surface area contributed by atoms with Crippen LogP contribution in [0.25, 0.3) is 0 Å². The lowest BCUT2D eigenvalue weighted by Crippen LogP contribution is -2.00. The van der Waals surface area contributed by atoms with Gasteiger partial charge in [-0.2, -0.15) is 0 Å². The Morgan fingerprint density at radius 2 is 1.86 bits per heavy atom. The van der Waals surface area contributed by atoms with Crippen LogP contribution >= 0.6 is 11.8 Å². The number of rotatable bonds is 6. The average Bonchev–Trinajstić information content (AvgIpc) is 2.25. The number of hydrogen-bond acceptors (Lipinski definition) is 3. The minimum Gasteiger partial charge on any atom is -0.494 e. The number of ether oxygens (including phenoxy) is 2. The Morgan fingerprint density at radius 1 is 1.14 bits per heavy atom. The number of benzene rings is 1. The topological polar surface area (TPSA) is 18.5 Å². The monoisotopic (exact) mass is 212 g/mol. The molecule has 14 heavy (non-hydrogen) atoms. The van der Waals surface area contributed by atoms with E-state index in [1.54, 1.807) is 18.9 Å². The van der Waals surface area contributed by atoms with Gasteiger partial charge in [-0.05, 0) is 30.5 Å². The highest BCUT2D eigenvalue weighted by molar-refractivity contribution is 7.98. The molecular weight excluding hydrogens is 196 g/mol. The van der Waals surface area contributed by atoms with E-state index >= 15 is 0 Å². The molecule has 0 radical (unpaired) electrons. The molecule has 0 fully saturated rings. The molecule has 0 bridgehead atoms. The fourth-order valence-electron chi connectivity index (χ4n) is 1.07. The van der Waals surface area contributed by atoms with Crippen LogP contribution in [-0.4, -0.2) is 26.6 Å². The van der Waals surface area contributed by atoms with Crippen LogP contribution in [-0.2, 0) is 4.74 Å². The van der Waals surface area contributed by atoms with Gasteiger partial charge in [-0.25, -0.2) is 0 Å². The van der Waals surface area contributed by atoms with Gasteiger partial charge < -0.3 is 9.47 Å². The average molecular weight is 212 g/mol. The van der Waals surface area contributed by atoms with Crippen molar-refractivity contribution in [3.63, 3.8) is 0 Å². The molecule has 2 nitrogen and oxygen atoms in total. The normalized spacial score (nSPS) is 10.1. The maximum atomic E-state index is 5.52. The van der Waals surface area contributed by atoms with E-state index in [0.717, 1.165) is 18.8 Å². The van der Waals surface area contributed by atoms with Gasteiger partial charge in [0.15, 0.2) is 0 Å². The Balaban J connectivity index is 2.29. The van der Waals surface area contributed by atoms with Crippen molar-refractivity contribution in [3.05, 3.63) is 24.3 Å². The lowest BCUT2D eigenvalue weighted by Gasteiger charge is -2.05. The summed E-state index contributed by atoms with van der Waals surface area (Å²) in [5, 5.41) is 0. The second-order valence-corrected chi connectivity index (χ2v) is 3.75. The summed E-state index contributed by atoms with van der Waals surface area (Å²) in [5.41, 5.74) is 0. The van der Waals surface area contributed by atoms with Crippen LogP contribution in [0.3, 0.4) is 0 Å². The third-order valence-corrected chi connectivity index (χ3v) is 2.56. The van der Waals surface area contributed by atoms with Gasteiger partial charge in [-0.15, -0.1) is 11.8 Å². The van der Waals surface area contributed by atoms with Crippen molar-refractivity contribution >= 4 is 11.8 Å². The minimum absolute atomic E-state index is 0.715. The summed E-state index contributed by atoms with van der Waals surface area (Å²) in [6.07, 6.45) is 3.00. The lowest BCUT2D eigenvalue weighted by atomic mass is 10.3. The molecule has 3 heteroatoms. The number of hydrogen-bond donors (Lipinski definition) is 0. The van der Waals surface area contributed by atoms with Gasteiger partial charge in [0.2, 0.25) is 0 Å². The van der Waals surface area contributed by atoms with E-state index in [1.807, 2.05) is 12.1 Å². The summed E-state index contributed by atoms with van der Waals surface area (Å²) < 4.78 is 10.5. The third-order valence-electron chi connectivity index (χ3n) is 1.82. The van der Waals surface area contributed by atoms with E-state index in [-0.39, 0.29) is 0 Å². The summed E-state index contributed by atoms with van der Waals surface area (Å²) in [5.74, 6) is 0.930. The highest BCUT2D eigenvalue weighted by atomic mass is 32.2. The van der Waals surface area contributed by atoms with E-state index in [2.05, 4.69) is 18.4 Å². The van der Waals surface area contributed by atoms with Gasteiger partial charge >= 0.3 is 0 Å². The van der Waals surface area contributed by atoms with Crippen molar-refractivity contribution in [1.82, 2.24) is 0 Å². The molecule has 0 aliphatic rings. The SMILES string of the molecule is COCCCOc1ccc(SC)cc1. The molecule has 0 spiro atoms. The van der Waals surface area contributed by atoms with Crippen LogP contribution in [0.15, 0.2) is 29.2 Å². The smallest absolute Gasteiger partial charge is 0.119 e. The summed E-state index contributed by atoms with van der Waals surface area (Å²) in [4.78, 5) is 1.26. The van der Waals surface area contributed by atoms with E-state index in [1.165, 1.54) is 4.90 Å². The molecule has 78 valence electrons. The molecule has 0 unspecified atom stereocenters. The van der Waals surface area contributed by atoms with E-state index < -0.39 is 0 Å². The second kappa shape index (κ2) is 6.74. The summed E-state index contributed by atoms with van der Waals surface area (Å²) >= 11 is 1.73. The molecule has 0 amide bonds. The Morgan fingerprint density at radius 3 is 2.43 bits per heavy atom. The van der Waals surface area contributed by atoms with Gasteiger partial charge in [0.1, 0.15) is 5.75 Å². The van der Waals surface area contributed by atoms with Gasteiger partial charge in [0, 0.05) is 25.0 Å². The van der Waals surface area contributed by atoms with Crippen LogP contribution in [0.4, 0.5) is 0 Å². The maximum Gasteiger partial charge on any atom is 0.119 e. The van der Waals surface area contributed by atoms with Gasteiger partial charge in [-0.3, -0.25) is 0 Å². The van der Waals surface area contributed by atoms with E-state index in [0.29, 0.717) is 6.61 Å². The molecule has 1 aromatic carbocycles. The van der Waals surface area contributed by atoms with Crippen LogP contribution in [0.2, 0.25) is 0 Å². The first-order valence-corrected chi connectivity index (χ1v) is 5.85. The summed E-state index contributed by atoms with van der Waals surface area (Å²) in [7, 11) is 1.70. The van der Waals surface area contributed by atoms with Crippen molar-refractivity contribution in [2.45, 2.75) is 11.3 Å². The fraction of sp³-hybridized carbons (Fsp3) is 0.455.